The van der Waals surface area contributed by atoms with Crippen molar-refractivity contribution in [1.29, 1.82) is 0 Å². The molecule has 0 spiro atoms. The molecule has 1 unspecified atom stereocenters. The van der Waals surface area contributed by atoms with Gasteiger partial charge in [0.05, 0.1) is 25.7 Å². The summed E-state index contributed by atoms with van der Waals surface area (Å²) < 4.78 is 13.5. The number of anilines is 1. The van der Waals surface area contributed by atoms with Crippen LogP contribution < -0.4 is 26.0 Å². The van der Waals surface area contributed by atoms with Crippen LogP contribution in [0.5, 0.6) is 11.5 Å². The third-order valence-electron chi connectivity index (χ3n) is 6.21. The molecule has 0 fully saturated rings. The lowest BCUT2D eigenvalue weighted by atomic mass is 9.69. The number of carbonyl (C=O) groups excluding carboxylic acids is 1. The number of Topliss-reactive ketones (excluding diaryl/α,β-unsaturated/α-hetero) is 1. The Morgan fingerprint density at radius 1 is 1.03 bits per heavy atom. The van der Waals surface area contributed by atoms with Gasteiger partial charge in [-0.15, -0.1) is 0 Å². The summed E-state index contributed by atoms with van der Waals surface area (Å²) in [6.45, 7) is 4.08. The second-order valence-electron chi connectivity index (χ2n) is 8.97. The van der Waals surface area contributed by atoms with Gasteiger partial charge in [0, 0.05) is 37.3 Å². The summed E-state index contributed by atoms with van der Waals surface area (Å²) in [5.74, 6) is 0.843. The molecular formula is C23H27N3O5. The van der Waals surface area contributed by atoms with E-state index in [1.807, 2.05) is 13.8 Å². The van der Waals surface area contributed by atoms with Gasteiger partial charge in [-0.05, 0) is 30.0 Å². The van der Waals surface area contributed by atoms with Crippen molar-refractivity contribution in [1.82, 2.24) is 9.13 Å². The van der Waals surface area contributed by atoms with Gasteiger partial charge in [-0.25, -0.2) is 4.79 Å². The topological polar surface area (TPSA) is 91.6 Å². The Balaban J connectivity index is 2.12. The van der Waals surface area contributed by atoms with E-state index in [0.717, 1.165) is 10.3 Å². The first-order chi connectivity index (χ1) is 14.6. The van der Waals surface area contributed by atoms with Crippen molar-refractivity contribution in [2.75, 3.05) is 19.5 Å². The maximum atomic E-state index is 13.4. The molecule has 0 radical (unpaired) electrons. The lowest BCUT2D eigenvalue weighted by Gasteiger charge is -2.39. The molecule has 1 atom stereocenters. The van der Waals surface area contributed by atoms with Gasteiger partial charge in [0.2, 0.25) is 0 Å². The summed E-state index contributed by atoms with van der Waals surface area (Å²) in [6, 6.07) is 5.32. The van der Waals surface area contributed by atoms with Crippen LogP contribution >= 0.6 is 0 Å². The number of ether oxygens (including phenoxy) is 2. The van der Waals surface area contributed by atoms with Crippen LogP contribution in [0.1, 0.15) is 43.7 Å². The summed E-state index contributed by atoms with van der Waals surface area (Å²) in [5, 5.41) is 3.26. The van der Waals surface area contributed by atoms with Gasteiger partial charge in [-0.1, -0.05) is 13.8 Å². The molecule has 164 valence electrons. The van der Waals surface area contributed by atoms with Crippen molar-refractivity contribution in [3.63, 3.8) is 0 Å². The van der Waals surface area contributed by atoms with Crippen LogP contribution in [0, 0.1) is 5.41 Å². The Kier molecular flexibility index (Phi) is 4.83. The molecule has 8 nitrogen and oxygen atoms in total. The van der Waals surface area contributed by atoms with Crippen molar-refractivity contribution in [2.45, 2.75) is 32.6 Å². The Bertz CT molecular complexity index is 1250. The summed E-state index contributed by atoms with van der Waals surface area (Å²) in [5.41, 5.74) is 1.19. The zero-order valence-corrected chi connectivity index (χ0v) is 18.7. The zero-order valence-electron chi connectivity index (χ0n) is 18.7. The van der Waals surface area contributed by atoms with Gasteiger partial charge in [0.1, 0.15) is 17.3 Å². The predicted molar refractivity (Wildman–Crippen MR) is 117 cm³/mol. The highest BCUT2D eigenvalue weighted by molar-refractivity contribution is 6.01. The fourth-order valence-electron chi connectivity index (χ4n) is 4.73. The van der Waals surface area contributed by atoms with Crippen molar-refractivity contribution in [3.8, 4) is 11.5 Å². The number of carbonyl (C=O) groups is 1. The van der Waals surface area contributed by atoms with Crippen LogP contribution in [-0.2, 0) is 18.9 Å². The number of nitrogens with zero attached hydrogens (tertiary/aromatic N) is 2. The molecule has 2 aromatic rings. The summed E-state index contributed by atoms with van der Waals surface area (Å²) >= 11 is 0. The van der Waals surface area contributed by atoms with Crippen LogP contribution in [0.15, 0.2) is 39.1 Å². The van der Waals surface area contributed by atoms with Gasteiger partial charge in [0.25, 0.3) is 5.56 Å². The van der Waals surface area contributed by atoms with Gasteiger partial charge in [-0.3, -0.25) is 18.7 Å². The quantitative estimate of drug-likeness (QED) is 0.812. The molecule has 1 aromatic carbocycles. The number of aromatic nitrogens is 2. The average molecular weight is 425 g/mol. The number of hydrogen-bond acceptors (Lipinski definition) is 6. The highest BCUT2D eigenvalue weighted by Crippen LogP contribution is 2.49. The van der Waals surface area contributed by atoms with Crippen molar-refractivity contribution in [3.05, 3.63) is 61.4 Å². The van der Waals surface area contributed by atoms with E-state index in [1.165, 1.54) is 11.6 Å². The zero-order chi connectivity index (χ0) is 22.7. The number of benzene rings is 1. The van der Waals surface area contributed by atoms with Crippen LogP contribution in [0.25, 0.3) is 0 Å². The molecule has 4 rings (SSSR count). The Labute approximate surface area is 180 Å². The van der Waals surface area contributed by atoms with E-state index in [9.17, 15) is 14.4 Å². The summed E-state index contributed by atoms with van der Waals surface area (Å²) in [4.78, 5) is 39.4. The standard InChI is InChI=1S/C23H27N3O5/c1-23(2)10-14-18(15(27)11-23)17(13-9-12(30-5)7-8-16(13)31-6)19-20(24-14)25(3)22(29)26(4)21(19)28/h7-9,17,24H,10-11H2,1-6H3. The maximum absolute atomic E-state index is 13.4. The molecule has 1 aliphatic carbocycles. The molecule has 8 heteroatoms. The second-order valence-corrected chi connectivity index (χ2v) is 8.97. The third kappa shape index (κ3) is 3.17. The van der Waals surface area contributed by atoms with Crippen molar-refractivity contribution >= 4 is 11.6 Å². The van der Waals surface area contributed by atoms with E-state index < -0.39 is 17.2 Å². The number of methoxy groups -OCH3 is 2. The maximum Gasteiger partial charge on any atom is 0.332 e. The minimum Gasteiger partial charge on any atom is -0.497 e. The second kappa shape index (κ2) is 7.14. The molecule has 1 aliphatic heterocycles. The lowest BCUT2D eigenvalue weighted by Crippen LogP contribution is -2.45. The molecule has 0 bridgehead atoms. The van der Waals surface area contributed by atoms with E-state index in [2.05, 4.69) is 5.32 Å². The number of hydrogen-bond donors (Lipinski definition) is 1. The van der Waals surface area contributed by atoms with E-state index in [4.69, 9.17) is 9.47 Å². The minimum absolute atomic E-state index is 0.0184. The first kappa shape index (κ1) is 21.0. The average Bonchev–Trinajstić information content (AvgIpc) is 2.73. The smallest absolute Gasteiger partial charge is 0.332 e. The SMILES string of the molecule is COc1ccc(OC)c(C2C3=C(CC(C)(C)CC3=O)Nc3c2c(=O)n(C)c(=O)n3C)c1. The molecule has 0 saturated heterocycles. The fourth-order valence-corrected chi connectivity index (χ4v) is 4.73. The number of nitrogens with one attached hydrogen (secondary N) is 1. The van der Waals surface area contributed by atoms with Crippen LogP contribution in [-0.4, -0.2) is 29.1 Å². The van der Waals surface area contributed by atoms with E-state index in [1.54, 1.807) is 39.5 Å². The van der Waals surface area contributed by atoms with E-state index in [0.29, 0.717) is 46.9 Å². The van der Waals surface area contributed by atoms with Crippen LogP contribution in [0.4, 0.5) is 5.82 Å². The van der Waals surface area contributed by atoms with Crippen molar-refractivity contribution < 1.29 is 14.3 Å². The number of rotatable bonds is 3. The largest absolute Gasteiger partial charge is 0.497 e. The first-order valence-corrected chi connectivity index (χ1v) is 10.1. The molecule has 0 amide bonds. The highest BCUT2D eigenvalue weighted by Gasteiger charge is 2.43. The van der Waals surface area contributed by atoms with Gasteiger partial charge >= 0.3 is 5.69 Å². The predicted octanol–water partition coefficient (Wildman–Crippen LogP) is 2.30. The summed E-state index contributed by atoms with van der Waals surface area (Å²) in [7, 11) is 6.17. The van der Waals surface area contributed by atoms with Gasteiger partial charge in [-0.2, -0.15) is 0 Å². The normalized spacial score (nSPS) is 19.4. The van der Waals surface area contributed by atoms with E-state index >= 15 is 0 Å². The Hall–Kier alpha value is -3.29. The van der Waals surface area contributed by atoms with Crippen LogP contribution in [0.3, 0.4) is 0 Å². The van der Waals surface area contributed by atoms with E-state index in [-0.39, 0.29) is 11.2 Å². The monoisotopic (exact) mass is 425 g/mol. The molecule has 2 aliphatic rings. The van der Waals surface area contributed by atoms with Gasteiger partial charge < -0.3 is 14.8 Å². The summed E-state index contributed by atoms with van der Waals surface area (Å²) in [6.07, 6.45) is 0.997. The number of fused-ring (bicyclic) bond motifs is 1. The molecule has 0 saturated carbocycles. The van der Waals surface area contributed by atoms with Crippen LogP contribution in [0.2, 0.25) is 0 Å². The molecule has 1 aromatic heterocycles. The first-order valence-electron chi connectivity index (χ1n) is 10.1. The molecule has 2 heterocycles. The molecular weight excluding hydrogens is 398 g/mol. The fraction of sp³-hybridized carbons (Fsp3) is 0.435. The van der Waals surface area contributed by atoms with Crippen molar-refractivity contribution in [2.24, 2.45) is 19.5 Å². The third-order valence-corrected chi connectivity index (χ3v) is 6.21. The minimum atomic E-state index is -0.676. The number of ketones is 1. The molecule has 1 N–H and O–H groups in total. The Morgan fingerprint density at radius 2 is 1.74 bits per heavy atom. The Morgan fingerprint density at radius 3 is 2.39 bits per heavy atom. The lowest BCUT2D eigenvalue weighted by molar-refractivity contribution is -0.118. The number of allylic oxidation sites excluding steroid dienone is 2. The van der Waals surface area contributed by atoms with Gasteiger partial charge in [0.15, 0.2) is 5.78 Å². The molecule has 31 heavy (non-hydrogen) atoms. The highest BCUT2D eigenvalue weighted by atomic mass is 16.5.